The number of aromatic nitrogens is 1. The minimum absolute atomic E-state index is 0.0181. The van der Waals surface area contributed by atoms with Crippen molar-refractivity contribution < 1.29 is 38.1 Å². The van der Waals surface area contributed by atoms with Gasteiger partial charge in [0.05, 0.1) is 23.5 Å². The summed E-state index contributed by atoms with van der Waals surface area (Å²) in [7, 11) is 1.63. The van der Waals surface area contributed by atoms with E-state index in [0.29, 0.717) is 13.1 Å². The van der Waals surface area contributed by atoms with Crippen LogP contribution in [-0.2, 0) is 9.59 Å². The number of rotatable bonds is 7. The Morgan fingerprint density at radius 3 is 2.39 bits per heavy atom. The highest BCUT2D eigenvalue weighted by Gasteiger charge is 2.31. The number of ether oxygens (including phenoxy) is 1. The zero-order chi connectivity index (χ0) is 29.6. The smallest absolute Gasteiger partial charge is 0.341 e. The lowest BCUT2D eigenvalue weighted by molar-refractivity contribution is -0.138. The minimum atomic E-state index is -1.42. The van der Waals surface area contributed by atoms with Gasteiger partial charge in [-0.05, 0) is 24.3 Å². The molecule has 1 unspecified atom stereocenters. The van der Waals surface area contributed by atoms with Gasteiger partial charge in [-0.1, -0.05) is 0 Å². The maximum Gasteiger partial charge on any atom is 0.341 e. The summed E-state index contributed by atoms with van der Waals surface area (Å²) in [6.45, 7) is 1.12. The fourth-order valence-electron chi connectivity index (χ4n) is 5.00. The number of carboxylic acids is 2. The molecular formula is C26H26F2N6O7. The molecule has 1 aromatic heterocycles. The number of carbonyl (C=O) groups excluding carboxylic acids is 1. The number of nitrogens with one attached hydrogen (secondary N) is 1. The number of halogens is 2. The van der Waals surface area contributed by atoms with E-state index in [1.165, 1.54) is 23.0 Å². The predicted molar refractivity (Wildman–Crippen MR) is 144 cm³/mol. The molecular weight excluding hydrogens is 546 g/mol. The lowest BCUT2D eigenvalue weighted by Crippen LogP contribution is -2.47. The second-order valence-corrected chi connectivity index (χ2v) is 9.72. The van der Waals surface area contributed by atoms with E-state index in [1.54, 1.807) is 21.9 Å². The molecule has 3 heterocycles. The molecule has 2 aromatic carbocycles. The van der Waals surface area contributed by atoms with Crippen molar-refractivity contribution in [3.8, 4) is 5.75 Å². The van der Waals surface area contributed by atoms with E-state index in [4.69, 9.17) is 15.6 Å². The zero-order valence-corrected chi connectivity index (χ0v) is 21.8. The summed E-state index contributed by atoms with van der Waals surface area (Å²) in [4.78, 5) is 50.7. The van der Waals surface area contributed by atoms with Crippen molar-refractivity contribution in [3.05, 3.63) is 57.9 Å². The first kappa shape index (κ1) is 27.6. The number of hydrogen-bond donors (Lipinski definition) is 4. The molecule has 41 heavy (non-hydrogen) atoms. The van der Waals surface area contributed by atoms with Gasteiger partial charge >= 0.3 is 11.9 Å². The standard InChI is InChI=1S/C26H26F2N6O7/c1-31-12-41-24-21-14(23(37)15(26(39)40)11-34(21)31)9-17(28)22(24)33-6-4-32(5-7-33)19-3-2-13(8-16(19)27)30-25(38)18(29)10-20(35)36/h2-3,8-9,11,18H,4-7,10,12,29H2,1H3,(H,30,38)(H,35,36)(H,39,40). The molecule has 15 heteroatoms. The molecule has 3 aromatic rings. The lowest BCUT2D eigenvalue weighted by atomic mass is 10.1. The average Bonchev–Trinajstić information content (AvgIpc) is 2.91. The number of aliphatic carboxylic acids is 1. The quantitative estimate of drug-likeness (QED) is 0.318. The molecule has 1 atom stereocenters. The van der Waals surface area contributed by atoms with Crippen LogP contribution in [0.3, 0.4) is 0 Å². The summed E-state index contributed by atoms with van der Waals surface area (Å²) in [5.41, 5.74) is 4.97. The summed E-state index contributed by atoms with van der Waals surface area (Å²) < 4.78 is 37.8. The van der Waals surface area contributed by atoms with Gasteiger partial charge in [0.15, 0.2) is 18.3 Å². The molecule has 13 nitrogen and oxygen atoms in total. The Morgan fingerprint density at radius 2 is 1.76 bits per heavy atom. The zero-order valence-electron chi connectivity index (χ0n) is 21.8. The van der Waals surface area contributed by atoms with E-state index < -0.39 is 52.9 Å². The van der Waals surface area contributed by atoms with E-state index in [-0.39, 0.29) is 53.5 Å². The Bertz CT molecular complexity index is 1640. The van der Waals surface area contributed by atoms with Gasteiger partial charge in [-0.2, -0.15) is 0 Å². The largest absolute Gasteiger partial charge is 0.481 e. The number of nitrogens with zero attached hydrogens (tertiary/aromatic N) is 4. The highest BCUT2D eigenvalue weighted by Crippen LogP contribution is 2.40. The third-order valence-corrected chi connectivity index (χ3v) is 7.03. The van der Waals surface area contributed by atoms with Crippen LogP contribution < -0.4 is 36.0 Å². The van der Waals surface area contributed by atoms with Crippen molar-refractivity contribution in [1.29, 1.82) is 0 Å². The molecule has 1 amide bonds. The van der Waals surface area contributed by atoms with E-state index in [2.05, 4.69) is 5.32 Å². The number of carbonyl (C=O) groups is 3. The Labute approximate surface area is 230 Å². The normalized spacial score (nSPS) is 15.5. The van der Waals surface area contributed by atoms with Crippen molar-refractivity contribution >= 4 is 45.8 Å². The van der Waals surface area contributed by atoms with Crippen LogP contribution in [-0.4, -0.2) is 78.7 Å². The molecule has 216 valence electrons. The number of amides is 1. The topological polar surface area (TPSA) is 171 Å². The number of benzene rings is 2. The van der Waals surface area contributed by atoms with Crippen LogP contribution >= 0.6 is 0 Å². The van der Waals surface area contributed by atoms with Crippen molar-refractivity contribution in [2.75, 3.05) is 60.1 Å². The van der Waals surface area contributed by atoms with Crippen molar-refractivity contribution in [1.82, 2.24) is 4.68 Å². The molecule has 0 aliphatic carbocycles. The summed E-state index contributed by atoms with van der Waals surface area (Å²) in [5.74, 6) is -4.67. The Balaban J connectivity index is 1.37. The van der Waals surface area contributed by atoms with Crippen LogP contribution in [0.4, 0.5) is 25.8 Å². The maximum absolute atomic E-state index is 15.5. The minimum Gasteiger partial charge on any atom is -0.481 e. The maximum atomic E-state index is 15.5. The molecule has 0 spiro atoms. The third kappa shape index (κ3) is 5.06. The van der Waals surface area contributed by atoms with Crippen LogP contribution in [0.15, 0.2) is 35.3 Å². The third-order valence-electron chi connectivity index (χ3n) is 7.03. The lowest BCUT2D eigenvalue weighted by Gasteiger charge is -2.39. The van der Waals surface area contributed by atoms with E-state index >= 15 is 4.39 Å². The molecule has 1 fully saturated rings. The van der Waals surface area contributed by atoms with Gasteiger partial charge in [0.25, 0.3) is 0 Å². The molecule has 5 rings (SSSR count). The van der Waals surface area contributed by atoms with Gasteiger partial charge in [0.2, 0.25) is 11.3 Å². The molecule has 0 saturated carbocycles. The van der Waals surface area contributed by atoms with Crippen LogP contribution in [0, 0.1) is 11.6 Å². The van der Waals surface area contributed by atoms with Crippen molar-refractivity contribution in [3.63, 3.8) is 0 Å². The fourth-order valence-corrected chi connectivity index (χ4v) is 5.00. The number of carboxylic acid groups (broad SMARTS) is 2. The highest BCUT2D eigenvalue weighted by atomic mass is 19.1. The Hall–Kier alpha value is -4.92. The van der Waals surface area contributed by atoms with Crippen LogP contribution in [0.1, 0.15) is 16.8 Å². The SMILES string of the molecule is CN1COc2c(N3CCN(c4ccc(NC(=O)C(N)CC(=O)O)cc4F)CC3)c(F)cc3c(=O)c(C(=O)O)cn1c23. The summed E-state index contributed by atoms with van der Waals surface area (Å²) in [6.07, 6.45) is 0.618. The Kier molecular flexibility index (Phi) is 7.13. The van der Waals surface area contributed by atoms with Gasteiger partial charge in [-0.25, -0.2) is 13.6 Å². The highest BCUT2D eigenvalue weighted by molar-refractivity contribution is 5.98. The van der Waals surface area contributed by atoms with Gasteiger partial charge in [0.1, 0.15) is 22.6 Å². The Morgan fingerprint density at radius 1 is 1.07 bits per heavy atom. The first-order valence-corrected chi connectivity index (χ1v) is 12.5. The summed E-state index contributed by atoms with van der Waals surface area (Å²) in [6, 6.07) is 3.78. The van der Waals surface area contributed by atoms with E-state index in [9.17, 15) is 28.7 Å². The van der Waals surface area contributed by atoms with E-state index in [1.807, 2.05) is 0 Å². The fraction of sp³-hybridized carbons (Fsp3) is 0.308. The van der Waals surface area contributed by atoms with Crippen molar-refractivity contribution in [2.24, 2.45) is 5.73 Å². The molecule has 2 aliphatic rings. The number of pyridine rings is 1. The number of aromatic carboxylic acids is 1. The second-order valence-electron chi connectivity index (χ2n) is 9.72. The number of nitrogens with two attached hydrogens (primary N) is 1. The molecule has 1 saturated heterocycles. The van der Waals surface area contributed by atoms with Gasteiger partial charge in [0, 0.05) is 45.1 Å². The summed E-state index contributed by atoms with van der Waals surface area (Å²) >= 11 is 0. The summed E-state index contributed by atoms with van der Waals surface area (Å²) in [5, 5.41) is 22.1. The van der Waals surface area contributed by atoms with Gasteiger partial charge in [-0.3, -0.25) is 24.1 Å². The predicted octanol–water partition coefficient (Wildman–Crippen LogP) is 0.963. The van der Waals surface area contributed by atoms with E-state index in [0.717, 1.165) is 12.1 Å². The van der Waals surface area contributed by atoms with Crippen LogP contribution in [0.25, 0.3) is 10.9 Å². The van der Waals surface area contributed by atoms with Crippen LogP contribution in [0.2, 0.25) is 0 Å². The van der Waals surface area contributed by atoms with Gasteiger partial charge in [-0.15, -0.1) is 0 Å². The monoisotopic (exact) mass is 572 g/mol. The number of hydrogen-bond acceptors (Lipinski definition) is 9. The first-order valence-electron chi connectivity index (χ1n) is 12.5. The first-order chi connectivity index (χ1) is 19.5. The molecule has 5 N–H and O–H groups in total. The molecule has 2 aliphatic heterocycles. The molecule has 0 bridgehead atoms. The van der Waals surface area contributed by atoms with Gasteiger partial charge < -0.3 is 35.8 Å². The van der Waals surface area contributed by atoms with Crippen LogP contribution in [0.5, 0.6) is 5.75 Å². The number of piperazine rings is 1. The number of anilines is 3. The molecule has 0 radical (unpaired) electrons. The second kappa shape index (κ2) is 10.6. The van der Waals surface area contributed by atoms with Crippen molar-refractivity contribution in [2.45, 2.75) is 12.5 Å². The average molecular weight is 573 g/mol.